The number of hydrogen-bond donors (Lipinski definition) is 3. The van der Waals surface area contributed by atoms with Gasteiger partial charge in [-0.3, -0.25) is 4.79 Å². The van der Waals surface area contributed by atoms with Gasteiger partial charge in [-0.05, 0) is 62.1 Å². The van der Waals surface area contributed by atoms with E-state index < -0.39 is 0 Å². The van der Waals surface area contributed by atoms with E-state index in [1.807, 2.05) is 54.3 Å². The number of carbonyl (C=O) groups excluding carboxylic acids is 1. The minimum atomic E-state index is 0.0409. The fourth-order valence-corrected chi connectivity index (χ4v) is 4.05. The van der Waals surface area contributed by atoms with Gasteiger partial charge in [0, 0.05) is 29.7 Å². The van der Waals surface area contributed by atoms with Gasteiger partial charge in [0.1, 0.15) is 11.4 Å². The number of hydrogen-bond acceptors (Lipinski definition) is 3. The van der Waals surface area contributed by atoms with Crippen molar-refractivity contribution < 1.29 is 9.90 Å². The normalized spacial score (nSPS) is 16.4. The Bertz CT molecular complexity index is 1000. The number of phenolic OH excluding ortho intramolecular Hbond substituents is 1. The van der Waals surface area contributed by atoms with E-state index >= 15 is 0 Å². The zero-order valence-corrected chi connectivity index (χ0v) is 16.7. The number of allylic oxidation sites excluding steroid dienone is 1. The molecule has 0 unspecified atom stereocenters. The first-order valence-electron chi connectivity index (χ1n) is 10.2. The van der Waals surface area contributed by atoms with Gasteiger partial charge in [-0.15, -0.1) is 0 Å². The van der Waals surface area contributed by atoms with E-state index in [2.05, 4.69) is 16.4 Å². The average molecular weight is 389 g/mol. The fourth-order valence-electron chi connectivity index (χ4n) is 4.05. The molecule has 0 radical (unpaired) electrons. The molecule has 1 heterocycles. The van der Waals surface area contributed by atoms with Crippen molar-refractivity contribution in [3.63, 3.8) is 0 Å². The second-order valence-corrected chi connectivity index (χ2v) is 7.54. The van der Waals surface area contributed by atoms with Crippen LogP contribution >= 0.6 is 0 Å². The molecule has 1 aliphatic carbocycles. The van der Waals surface area contributed by atoms with Crippen LogP contribution in [0, 0.1) is 0 Å². The molecule has 5 heteroatoms. The summed E-state index contributed by atoms with van der Waals surface area (Å²) in [5, 5.41) is 14.2. The number of fused-ring (bicyclic) bond motifs is 1. The summed E-state index contributed by atoms with van der Waals surface area (Å²) >= 11 is 0. The molecule has 0 saturated carbocycles. The maximum Gasteiger partial charge on any atom is 0.270 e. The zero-order valence-electron chi connectivity index (χ0n) is 16.7. The SMILES string of the molecule is CCN(C(=O)c1cc2ccccc2[nH]1)[C@@H]1C=C(NCc2cccc(O)c2)CCC1. The summed E-state index contributed by atoms with van der Waals surface area (Å²) in [6.45, 7) is 3.35. The molecule has 0 spiro atoms. The first kappa shape index (κ1) is 19.1. The number of nitrogens with one attached hydrogen (secondary N) is 2. The molecule has 0 fully saturated rings. The number of para-hydroxylation sites is 1. The summed E-state index contributed by atoms with van der Waals surface area (Å²) < 4.78 is 0. The molecule has 0 aliphatic heterocycles. The average Bonchev–Trinajstić information content (AvgIpc) is 3.17. The fraction of sp³-hybridized carbons (Fsp3) is 0.292. The molecule has 1 atom stereocenters. The van der Waals surface area contributed by atoms with E-state index in [9.17, 15) is 9.90 Å². The maximum atomic E-state index is 13.2. The van der Waals surface area contributed by atoms with Crippen LogP contribution in [0.25, 0.3) is 10.9 Å². The van der Waals surface area contributed by atoms with Crippen molar-refractivity contribution in [2.75, 3.05) is 6.54 Å². The number of aromatic hydroxyl groups is 1. The van der Waals surface area contributed by atoms with E-state index in [1.54, 1.807) is 12.1 Å². The Kier molecular flexibility index (Phi) is 5.56. The Balaban J connectivity index is 1.48. The molecular formula is C24H27N3O2. The molecular weight excluding hydrogens is 362 g/mol. The van der Waals surface area contributed by atoms with E-state index in [0.29, 0.717) is 18.8 Å². The molecule has 0 saturated heterocycles. The van der Waals surface area contributed by atoms with Crippen LogP contribution in [-0.2, 0) is 6.54 Å². The Morgan fingerprint density at radius 3 is 2.86 bits per heavy atom. The van der Waals surface area contributed by atoms with Crippen molar-refractivity contribution in [3.05, 3.63) is 77.6 Å². The Morgan fingerprint density at radius 2 is 2.07 bits per heavy atom. The number of likely N-dealkylation sites (N-methyl/N-ethyl adjacent to an activating group) is 1. The van der Waals surface area contributed by atoms with Crippen LogP contribution in [-0.4, -0.2) is 33.5 Å². The molecule has 1 aliphatic rings. The topological polar surface area (TPSA) is 68.4 Å². The van der Waals surface area contributed by atoms with Crippen molar-refractivity contribution in [3.8, 4) is 5.75 Å². The lowest BCUT2D eigenvalue weighted by atomic mass is 9.98. The van der Waals surface area contributed by atoms with Crippen molar-refractivity contribution in [2.45, 2.75) is 38.8 Å². The molecule has 1 amide bonds. The molecule has 2 aromatic carbocycles. The predicted octanol–water partition coefficient (Wildman–Crippen LogP) is 4.56. The quantitative estimate of drug-likeness (QED) is 0.579. The summed E-state index contributed by atoms with van der Waals surface area (Å²) in [5.74, 6) is 0.320. The Labute approximate surface area is 171 Å². The lowest BCUT2D eigenvalue weighted by molar-refractivity contribution is 0.0706. The van der Waals surface area contributed by atoms with Gasteiger partial charge in [-0.25, -0.2) is 0 Å². The third kappa shape index (κ3) is 4.29. The van der Waals surface area contributed by atoms with Crippen LogP contribution in [0.4, 0.5) is 0 Å². The van der Waals surface area contributed by atoms with Crippen molar-refractivity contribution >= 4 is 16.8 Å². The molecule has 150 valence electrons. The highest BCUT2D eigenvalue weighted by molar-refractivity contribution is 5.98. The zero-order chi connectivity index (χ0) is 20.2. The number of rotatable bonds is 6. The molecule has 29 heavy (non-hydrogen) atoms. The first-order valence-corrected chi connectivity index (χ1v) is 10.2. The number of aromatic amines is 1. The smallest absolute Gasteiger partial charge is 0.270 e. The number of H-pyrrole nitrogens is 1. The van der Waals surface area contributed by atoms with Gasteiger partial charge in [0.05, 0.1) is 6.04 Å². The minimum absolute atomic E-state index is 0.0409. The number of amides is 1. The van der Waals surface area contributed by atoms with Crippen LogP contribution in [0.3, 0.4) is 0 Å². The lowest BCUT2D eigenvalue weighted by Gasteiger charge is -2.32. The molecule has 3 N–H and O–H groups in total. The van der Waals surface area contributed by atoms with Gasteiger partial charge in [-0.1, -0.05) is 30.3 Å². The van der Waals surface area contributed by atoms with E-state index in [0.717, 1.165) is 41.4 Å². The monoisotopic (exact) mass is 389 g/mol. The third-order valence-corrected chi connectivity index (χ3v) is 5.53. The van der Waals surface area contributed by atoms with Gasteiger partial charge in [0.15, 0.2) is 0 Å². The minimum Gasteiger partial charge on any atom is -0.508 e. The second-order valence-electron chi connectivity index (χ2n) is 7.54. The molecule has 0 bridgehead atoms. The summed E-state index contributed by atoms with van der Waals surface area (Å²) in [6, 6.07) is 17.3. The van der Waals surface area contributed by atoms with Gasteiger partial charge in [0.25, 0.3) is 5.91 Å². The number of aromatic nitrogens is 1. The van der Waals surface area contributed by atoms with Crippen LogP contribution in [0.15, 0.2) is 66.4 Å². The van der Waals surface area contributed by atoms with Crippen LogP contribution in [0.5, 0.6) is 5.75 Å². The number of phenols is 1. The predicted molar refractivity (Wildman–Crippen MR) is 116 cm³/mol. The first-order chi connectivity index (χ1) is 14.1. The molecule has 3 aromatic rings. The lowest BCUT2D eigenvalue weighted by Crippen LogP contribution is -2.41. The van der Waals surface area contributed by atoms with E-state index in [-0.39, 0.29) is 17.7 Å². The van der Waals surface area contributed by atoms with Gasteiger partial charge >= 0.3 is 0 Å². The molecule has 5 nitrogen and oxygen atoms in total. The van der Waals surface area contributed by atoms with E-state index in [4.69, 9.17) is 0 Å². The summed E-state index contributed by atoms with van der Waals surface area (Å²) in [5.41, 5.74) is 3.82. The molecule has 4 rings (SSSR count). The van der Waals surface area contributed by atoms with Crippen LogP contribution in [0.1, 0.15) is 42.2 Å². The third-order valence-electron chi connectivity index (χ3n) is 5.53. The Hall–Kier alpha value is -3.21. The number of carbonyl (C=O) groups is 1. The van der Waals surface area contributed by atoms with Crippen LogP contribution < -0.4 is 5.32 Å². The van der Waals surface area contributed by atoms with Gasteiger partial charge < -0.3 is 20.3 Å². The van der Waals surface area contributed by atoms with Crippen molar-refractivity contribution in [1.82, 2.24) is 15.2 Å². The highest BCUT2D eigenvalue weighted by Gasteiger charge is 2.25. The van der Waals surface area contributed by atoms with E-state index in [1.165, 1.54) is 0 Å². The van der Waals surface area contributed by atoms with Crippen LogP contribution in [0.2, 0.25) is 0 Å². The van der Waals surface area contributed by atoms with Gasteiger partial charge in [-0.2, -0.15) is 0 Å². The number of nitrogens with zero attached hydrogens (tertiary/aromatic N) is 1. The largest absolute Gasteiger partial charge is 0.508 e. The van der Waals surface area contributed by atoms with Crippen molar-refractivity contribution in [1.29, 1.82) is 0 Å². The summed E-state index contributed by atoms with van der Waals surface area (Å²) in [6.07, 6.45) is 5.18. The second kappa shape index (κ2) is 8.43. The van der Waals surface area contributed by atoms with Crippen molar-refractivity contribution in [2.24, 2.45) is 0 Å². The molecule has 1 aromatic heterocycles. The summed E-state index contributed by atoms with van der Waals surface area (Å²) in [4.78, 5) is 18.4. The summed E-state index contributed by atoms with van der Waals surface area (Å²) in [7, 11) is 0. The highest BCUT2D eigenvalue weighted by Crippen LogP contribution is 2.24. The van der Waals surface area contributed by atoms with Gasteiger partial charge in [0.2, 0.25) is 0 Å². The highest BCUT2D eigenvalue weighted by atomic mass is 16.3. The Morgan fingerprint density at radius 1 is 1.21 bits per heavy atom. The number of benzene rings is 2. The standard InChI is InChI=1S/C24H27N3O2/c1-2-27(24(29)23-14-18-8-3-4-12-22(18)26-23)20-10-6-9-19(15-20)25-16-17-7-5-11-21(28)13-17/h3-5,7-8,11-15,20,25-26,28H,2,6,9-10,16H2,1H3/t20-/m0/s1. The maximum absolute atomic E-state index is 13.2.